The Kier molecular flexibility index (Phi) is 5.11. The smallest absolute Gasteiger partial charge is 0.308 e. The van der Waals surface area contributed by atoms with Gasteiger partial charge in [0.2, 0.25) is 5.91 Å². The Bertz CT molecular complexity index is 802. The number of para-hydroxylation sites is 1. The number of rotatable bonds is 5. The second-order valence-electron chi connectivity index (χ2n) is 6.13. The fourth-order valence-electron chi connectivity index (χ4n) is 3.46. The molecule has 0 aromatic heterocycles. The quantitative estimate of drug-likeness (QED) is 0.891. The zero-order valence-corrected chi connectivity index (χ0v) is 14.7. The van der Waals surface area contributed by atoms with Crippen LogP contribution in [-0.2, 0) is 9.59 Å². The Hall–Kier alpha value is -3.02. The Morgan fingerprint density at radius 1 is 1.08 bits per heavy atom. The molecule has 1 N–H and O–H groups in total. The molecule has 1 fully saturated rings. The van der Waals surface area contributed by atoms with E-state index in [2.05, 4.69) is 0 Å². The van der Waals surface area contributed by atoms with Crippen LogP contribution in [0.3, 0.4) is 0 Å². The number of carboxylic acid groups (broad SMARTS) is 1. The number of anilines is 1. The first-order valence-electron chi connectivity index (χ1n) is 8.38. The molecule has 2 atom stereocenters. The second-order valence-corrected chi connectivity index (χ2v) is 6.13. The summed E-state index contributed by atoms with van der Waals surface area (Å²) in [7, 11) is 3.11. The third-order valence-electron chi connectivity index (χ3n) is 4.72. The molecule has 1 amide bonds. The molecule has 0 unspecified atom stereocenters. The lowest BCUT2D eigenvalue weighted by atomic mass is 9.83. The minimum Gasteiger partial charge on any atom is -0.497 e. The summed E-state index contributed by atoms with van der Waals surface area (Å²) in [5, 5.41) is 9.77. The van der Waals surface area contributed by atoms with Gasteiger partial charge in [-0.15, -0.1) is 0 Å². The molecule has 2 aromatic rings. The van der Waals surface area contributed by atoms with Gasteiger partial charge in [-0.05, 0) is 36.8 Å². The summed E-state index contributed by atoms with van der Waals surface area (Å²) < 4.78 is 10.6. The maximum absolute atomic E-state index is 12.8. The van der Waals surface area contributed by atoms with E-state index < -0.39 is 17.9 Å². The minimum absolute atomic E-state index is 0.108. The molecule has 0 radical (unpaired) electrons. The molecule has 3 rings (SSSR count). The van der Waals surface area contributed by atoms with Crippen molar-refractivity contribution in [2.75, 3.05) is 19.1 Å². The van der Waals surface area contributed by atoms with Gasteiger partial charge in [0.25, 0.3) is 0 Å². The van der Waals surface area contributed by atoms with Gasteiger partial charge >= 0.3 is 5.97 Å². The van der Waals surface area contributed by atoms with Gasteiger partial charge in [0, 0.05) is 17.7 Å². The van der Waals surface area contributed by atoms with Crippen LogP contribution in [0, 0.1) is 5.92 Å². The third kappa shape index (κ3) is 3.22. The van der Waals surface area contributed by atoms with Gasteiger partial charge in [0.15, 0.2) is 0 Å². The van der Waals surface area contributed by atoms with Crippen LogP contribution in [0.5, 0.6) is 11.5 Å². The molecule has 0 aliphatic carbocycles. The van der Waals surface area contributed by atoms with Crippen LogP contribution in [0.25, 0.3) is 0 Å². The van der Waals surface area contributed by atoms with Crippen molar-refractivity contribution in [3.63, 3.8) is 0 Å². The maximum atomic E-state index is 12.8. The predicted molar refractivity (Wildman–Crippen MR) is 96.6 cm³/mol. The fourth-order valence-corrected chi connectivity index (χ4v) is 3.46. The van der Waals surface area contributed by atoms with E-state index in [1.807, 2.05) is 18.2 Å². The van der Waals surface area contributed by atoms with Crippen LogP contribution in [0.1, 0.15) is 24.4 Å². The van der Waals surface area contributed by atoms with Gasteiger partial charge in [-0.2, -0.15) is 0 Å². The molecule has 2 aromatic carbocycles. The van der Waals surface area contributed by atoms with E-state index in [-0.39, 0.29) is 12.3 Å². The largest absolute Gasteiger partial charge is 0.497 e. The predicted octanol–water partition coefficient (Wildman–Crippen LogP) is 3.27. The summed E-state index contributed by atoms with van der Waals surface area (Å²) in [5.74, 6) is -0.514. The number of carbonyl (C=O) groups is 2. The van der Waals surface area contributed by atoms with E-state index in [9.17, 15) is 14.7 Å². The molecule has 6 heteroatoms. The van der Waals surface area contributed by atoms with Crippen molar-refractivity contribution in [1.82, 2.24) is 0 Å². The van der Waals surface area contributed by atoms with Gasteiger partial charge in [-0.1, -0.05) is 18.2 Å². The zero-order chi connectivity index (χ0) is 18.7. The molecular weight excluding hydrogens is 334 g/mol. The SMILES string of the molecule is COc1ccc(N2C(=O)CC[C@@H](C(=O)O)[C@H]2c2ccccc2OC)cc1. The Morgan fingerprint density at radius 3 is 2.38 bits per heavy atom. The summed E-state index contributed by atoms with van der Waals surface area (Å²) in [5.41, 5.74) is 1.32. The molecule has 1 aliphatic rings. The number of methoxy groups -OCH3 is 2. The summed E-state index contributed by atoms with van der Waals surface area (Å²) in [4.78, 5) is 26.3. The van der Waals surface area contributed by atoms with E-state index in [1.54, 1.807) is 42.3 Å². The Balaban J connectivity index is 2.13. The van der Waals surface area contributed by atoms with Crippen LogP contribution in [0.15, 0.2) is 48.5 Å². The standard InChI is InChI=1S/C20H21NO5/c1-25-14-9-7-13(8-10-14)21-18(22)12-11-16(20(23)24)19(21)15-5-3-4-6-17(15)26-2/h3-10,16,19H,11-12H2,1-2H3,(H,23,24)/t16-,19-/m1/s1. The third-order valence-corrected chi connectivity index (χ3v) is 4.72. The van der Waals surface area contributed by atoms with E-state index in [1.165, 1.54) is 7.11 Å². The number of carboxylic acids is 1. The zero-order valence-electron chi connectivity index (χ0n) is 14.7. The molecule has 136 valence electrons. The molecular formula is C20H21NO5. The van der Waals surface area contributed by atoms with Crippen molar-refractivity contribution in [2.45, 2.75) is 18.9 Å². The van der Waals surface area contributed by atoms with Crippen molar-refractivity contribution >= 4 is 17.6 Å². The molecule has 26 heavy (non-hydrogen) atoms. The molecule has 1 heterocycles. The van der Waals surface area contributed by atoms with Gasteiger partial charge in [0.05, 0.1) is 26.2 Å². The van der Waals surface area contributed by atoms with Crippen molar-refractivity contribution in [3.8, 4) is 11.5 Å². The van der Waals surface area contributed by atoms with Crippen LogP contribution >= 0.6 is 0 Å². The monoisotopic (exact) mass is 355 g/mol. The maximum Gasteiger partial charge on any atom is 0.308 e. The lowest BCUT2D eigenvalue weighted by Crippen LogP contribution is -2.45. The highest BCUT2D eigenvalue weighted by molar-refractivity contribution is 5.97. The van der Waals surface area contributed by atoms with Crippen LogP contribution < -0.4 is 14.4 Å². The lowest BCUT2D eigenvalue weighted by Gasteiger charge is -2.40. The van der Waals surface area contributed by atoms with Crippen molar-refractivity contribution in [3.05, 3.63) is 54.1 Å². The lowest BCUT2D eigenvalue weighted by molar-refractivity contribution is -0.144. The number of nitrogens with zero attached hydrogens (tertiary/aromatic N) is 1. The Labute approximate surface area is 152 Å². The van der Waals surface area contributed by atoms with Gasteiger partial charge in [0.1, 0.15) is 11.5 Å². The molecule has 0 saturated carbocycles. The number of aliphatic carboxylic acids is 1. The number of benzene rings is 2. The topological polar surface area (TPSA) is 76.1 Å². The average molecular weight is 355 g/mol. The van der Waals surface area contributed by atoms with Gasteiger partial charge in [-0.3, -0.25) is 9.59 Å². The molecule has 0 spiro atoms. The van der Waals surface area contributed by atoms with Crippen molar-refractivity contribution < 1.29 is 24.2 Å². The first kappa shape index (κ1) is 17.8. The normalized spacial score (nSPS) is 19.9. The number of carbonyl (C=O) groups excluding carboxylic acids is 1. The molecule has 1 saturated heterocycles. The highest BCUT2D eigenvalue weighted by Gasteiger charge is 2.42. The first-order chi connectivity index (χ1) is 12.6. The molecule has 1 aliphatic heterocycles. The number of piperidine rings is 1. The minimum atomic E-state index is -0.924. The fraction of sp³-hybridized carbons (Fsp3) is 0.300. The summed E-state index contributed by atoms with van der Waals surface area (Å²) in [6, 6.07) is 13.6. The van der Waals surface area contributed by atoms with Gasteiger partial charge < -0.3 is 19.5 Å². The van der Waals surface area contributed by atoms with E-state index in [0.717, 1.165) is 0 Å². The highest BCUT2D eigenvalue weighted by Crippen LogP contribution is 2.43. The summed E-state index contributed by atoms with van der Waals surface area (Å²) in [6.07, 6.45) is 0.484. The Morgan fingerprint density at radius 2 is 1.77 bits per heavy atom. The van der Waals surface area contributed by atoms with Crippen molar-refractivity contribution in [1.29, 1.82) is 0 Å². The van der Waals surface area contributed by atoms with E-state index in [4.69, 9.17) is 9.47 Å². The number of amides is 1. The summed E-state index contributed by atoms with van der Waals surface area (Å²) in [6.45, 7) is 0. The van der Waals surface area contributed by atoms with E-state index >= 15 is 0 Å². The average Bonchev–Trinajstić information content (AvgIpc) is 2.67. The van der Waals surface area contributed by atoms with Crippen LogP contribution in [0.2, 0.25) is 0 Å². The first-order valence-corrected chi connectivity index (χ1v) is 8.38. The van der Waals surface area contributed by atoms with Gasteiger partial charge in [-0.25, -0.2) is 0 Å². The van der Waals surface area contributed by atoms with Crippen LogP contribution in [0.4, 0.5) is 5.69 Å². The molecule has 6 nitrogen and oxygen atoms in total. The number of ether oxygens (including phenoxy) is 2. The molecule has 0 bridgehead atoms. The highest BCUT2D eigenvalue weighted by atomic mass is 16.5. The van der Waals surface area contributed by atoms with Crippen molar-refractivity contribution in [2.24, 2.45) is 5.92 Å². The number of hydrogen-bond donors (Lipinski definition) is 1. The number of hydrogen-bond acceptors (Lipinski definition) is 4. The van der Waals surface area contributed by atoms with E-state index in [0.29, 0.717) is 29.2 Å². The van der Waals surface area contributed by atoms with Crippen LogP contribution in [-0.4, -0.2) is 31.2 Å². The summed E-state index contributed by atoms with van der Waals surface area (Å²) >= 11 is 0. The second kappa shape index (κ2) is 7.47.